The third-order valence-electron chi connectivity index (χ3n) is 4.66. The van der Waals surface area contributed by atoms with Gasteiger partial charge in [0.15, 0.2) is 5.82 Å². The fourth-order valence-corrected chi connectivity index (χ4v) is 3.26. The molecule has 0 aliphatic rings. The van der Waals surface area contributed by atoms with Gasteiger partial charge in [0.05, 0.1) is 0 Å². The Hall–Kier alpha value is -3.22. The topological polar surface area (TPSA) is 84.7 Å². The fraction of sp³-hybridized carbons (Fsp3) is 0.333. The van der Waals surface area contributed by atoms with Crippen LogP contribution in [0.15, 0.2) is 61.3 Å². The summed E-state index contributed by atoms with van der Waals surface area (Å²) in [5.41, 5.74) is 2.16. The molecular weight excluding hydrogens is 352 g/mol. The van der Waals surface area contributed by atoms with Gasteiger partial charge in [-0.05, 0) is 36.0 Å². The highest BCUT2D eigenvalue weighted by Gasteiger charge is 2.23. The summed E-state index contributed by atoms with van der Waals surface area (Å²) < 4.78 is 1.58. The lowest BCUT2D eigenvalue weighted by atomic mass is 9.79. The van der Waals surface area contributed by atoms with Crippen LogP contribution >= 0.6 is 0 Å². The summed E-state index contributed by atoms with van der Waals surface area (Å²) >= 11 is 0. The number of hydrogen-bond donors (Lipinski definition) is 2. The second kappa shape index (κ2) is 8.65. The molecule has 0 aliphatic carbocycles. The Kier molecular flexibility index (Phi) is 6.03. The van der Waals surface area contributed by atoms with Crippen molar-refractivity contribution in [1.82, 2.24) is 30.4 Å². The smallest absolute Gasteiger partial charge is 0.315 e. The number of aromatic nitrogens is 4. The second-order valence-corrected chi connectivity index (χ2v) is 7.55. The minimum absolute atomic E-state index is 0.0188. The van der Waals surface area contributed by atoms with Gasteiger partial charge < -0.3 is 10.6 Å². The Morgan fingerprint density at radius 1 is 1.18 bits per heavy atom. The molecule has 2 heterocycles. The van der Waals surface area contributed by atoms with Crippen molar-refractivity contribution in [3.05, 3.63) is 72.4 Å². The molecule has 0 fully saturated rings. The quantitative estimate of drug-likeness (QED) is 0.661. The lowest BCUT2D eigenvalue weighted by Crippen LogP contribution is -2.42. The molecule has 0 spiro atoms. The maximum Gasteiger partial charge on any atom is 0.315 e. The zero-order valence-electron chi connectivity index (χ0n) is 16.5. The predicted octanol–water partition coefficient (Wildman–Crippen LogP) is 3.22. The summed E-state index contributed by atoms with van der Waals surface area (Å²) in [5.74, 6) is 0.683. The molecule has 3 aromatic rings. The predicted molar refractivity (Wildman–Crippen MR) is 108 cm³/mol. The van der Waals surface area contributed by atoms with Crippen LogP contribution in [0.1, 0.15) is 38.3 Å². The van der Waals surface area contributed by atoms with E-state index in [9.17, 15) is 4.79 Å². The van der Waals surface area contributed by atoms with E-state index in [2.05, 4.69) is 51.7 Å². The summed E-state index contributed by atoms with van der Waals surface area (Å²) in [5, 5.41) is 9.94. The van der Waals surface area contributed by atoms with Crippen LogP contribution in [-0.4, -0.2) is 31.8 Å². The van der Waals surface area contributed by atoms with Gasteiger partial charge in [0.1, 0.15) is 12.7 Å². The van der Waals surface area contributed by atoms with Crippen LogP contribution < -0.4 is 10.6 Å². The summed E-state index contributed by atoms with van der Waals surface area (Å²) in [6, 6.07) is 14.0. The molecule has 0 radical (unpaired) electrons. The number of carbonyl (C=O) groups is 1. The van der Waals surface area contributed by atoms with Gasteiger partial charge in [-0.25, -0.2) is 19.4 Å². The van der Waals surface area contributed by atoms with E-state index in [1.54, 1.807) is 17.2 Å². The van der Waals surface area contributed by atoms with Crippen molar-refractivity contribution in [1.29, 1.82) is 0 Å². The number of rotatable bonds is 7. The Labute approximate surface area is 165 Å². The molecule has 2 N–H and O–H groups in total. The van der Waals surface area contributed by atoms with Crippen LogP contribution in [0.3, 0.4) is 0 Å². The summed E-state index contributed by atoms with van der Waals surface area (Å²) in [7, 11) is 0. The van der Waals surface area contributed by atoms with Crippen LogP contribution in [0, 0.1) is 0 Å². The first kappa shape index (κ1) is 19.5. The summed E-state index contributed by atoms with van der Waals surface area (Å²) in [6.07, 6.45) is 5.62. The van der Waals surface area contributed by atoms with Crippen LogP contribution in [0.25, 0.3) is 5.82 Å². The lowest BCUT2D eigenvalue weighted by Gasteiger charge is -2.29. The number of nitrogens with one attached hydrogen (secondary N) is 2. The standard InChI is InChI=1S/C21H26N6O/c1-16(11-21(2,3)18-7-5-4-6-8-18)26-20(28)24-13-17-9-10-19(23-12-17)27-15-22-14-25-27/h4-10,12,14-16H,11,13H2,1-3H3,(H2,24,26,28). The zero-order chi connectivity index (χ0) is 20.0. The number of urea groups is 1. The van der Waals surface area contributed by atoms with Gasteiger partial charge in [0.2, 0.25) is 0 Å². The van der Waals surface area contributed by atoms with E-state index in [0.717, 1.165) is 12.0 Å². The van der Waals surface area contributed by atoms with E-state index in [4.69, 9.17) is 0 Å². The van der Waals surface area contributed by atoms with Crippen molar-refractivity contribution in [3.63, 3.8) is 0 Å². The zero-order valence-corrected chi connectivity index (χ0v) is 16.5. The van der Waals surface area contributed by atoms with Crippen molar-refractivity contribution in [2.24, 2.45) is 0 Å². The third kappa shape index (κ3) is 5.16. The number of pyridine rings is 1. The number of nitrogens with zero attached hydrogens (tertiary/aromatic N) is 4. The number of carbonyl (C=O) groups excluding carboxylic acids is 1. The average molecular weight is 378 g/mol. The molecule has 7 heteroatoms. The van der Waals surface area contributed by atoms with Crippen molar-refractivity contribution in [2.75, 3.05) is 0 Å². The number of amides is 2. The first-order valence-corrected chi connectivity index (χ1v) is 9.34. The van der Waals surface area contributed by atoms with Gasteiger partial charge in [-0.2, -0.15) is 5.10 Å². The lowest BCUT2D eigenvalue weighted by molar-refractivity contribution is 0.234. The minimum atomic E-state index is -0.184. The molecular formula is C21H26N6O. The van der Waals surface area contributed by atoms with Gasteiger partial charge >= 0.3 is 6.03 Å². The van der Waals surface area contributed by atoms with Crippen molar-refractivity contribution < 1.29 is 4.79 Å². The maximum atomic E-state index is 12.2. The minimum Gasteiger partial charge on any atom is -0.336 e. The van der Waals surface area contributed by atoms with Gasteiger partial charge in [0, 0.05) is 18.8 Å². The number of benzene rings is 1. The van der Waals surface area contributed by atoms with Gasteiger partial charge in [0.25, 0.3) is 0 Å². The first-order chi connectivity index (χ1) is 13.4. The van der Waals surface area contributed by atoms with E-state index >= 15 is 0 Å². The van der Waals surface area contributed by atoms with Gasteiger partial charge in [-0.1, -0.05) is 50.2 Å². The normalized spacial score (nSPS) is 12.4. The third-order valence-corrected chi connectivity index (χ3v) is 4.66. The highest BCUT2D eigenvalue weighted by molar-refractivity contribution is 5.74. The van der Waals surface area contributed by atoms with E-state index in [1.165, 1.54) is 11.9 Å². The molecule has 0 aliphatic heterocycles. The maximum absolute atomic E-state index is 12.2. The Bertz CT molecular complexity index is 875. The van der Waals surface area contributed by atoms with E-state index in [-0.39, 0.29) is 17.5 Å². The SMILES string of the molecule is CC(CC(C)(C)c1ccccc1)NC(=O)NCc1ccc(-n2cncn2)nc1. The Morgan fingerprint density at radius 3 is 2.61 bits per heavy atom. The van der Waals surface area contributed by atoms with Gasteiger partial charge in [-0.15, -0.1) is 0 Å². The number of hydrogen-bond acceptors (Lipinski definition) is 4. The molecule has 28 heavy (non-hydrogen) atoms. The van der Waals surface area contributed by atoms with Crippen molar-refractivity contribution in [3.8, 4) is 5.82 Å². The van der Waals surface area contributed by atoms with Crippen LogP contribution in [-0.2, 0) is 12.0 Å². The van der Waals surface area contributed by atoms with Crippen LogP contribution in [0.4, 0.5) is 4.79 Å². The first-order valence-electron chi connectivity index (χ1n) is 9.34. The molecule has 1 aromatic carbocycles. The molecule has 3 rings (SSSR count). The Morgan fingerprint density at radius 2 is 1.96 bits per heavy atom. The molecule has 2 aromatic heterocycles. The molecule has 146 valence electrons. The highest BCUT2D eigenvalue weighted by Crippen LogP contribution is 2.28. The summed E-state index contributed by atoms with van der Waals surface area (Å²) in [4.78, 5) is 20.5. The second-order valence-electron chi connectivity index (χ2n) is 7.55. The van der Waals surface area contributed by atoms with E-state index < -0.39 is 0 Å². The molecule has 0 bridgehead atoms. The van der Waals surface area contributed by atoms with Crippen molar-refractivity contribution in [2.45, 2.75) is 45.2 Å². The largest absolute Gasteiger partial charge is 0.336 e. The van der Waals surface area contributed by atoms with Crippen molar-refractivity contribution >= 4 is 6.03 Å². The fourth-order valence-electron chi connectivity index (χ4n) is 3.26. The highest BCUT2D eigenvalue weighted by atomic mass is 16.2. The van der Waals surface area contributed by atoms with Gasteiger partial charge in [-0.3, -0.25) is 0 Å². The molecule has 7 nitrogen and oxygen atoms in total. The summed E-state index contributed by atoms with van der Waals surface area (Å²) in [6.45, 7) is 6.82. The van der Waals surface area contributed by atoms with Crippen LogP contribution in [0.2, 0.25) is 0 Å². The molecule has 1 unspecified atom stereocenters. The van der Waals surface area contributed by atoms with E-state index in [1.807, 2.05) is 37.3 Å². The Balaban J connectivity index is 1.47. The van der Waals surface area contributed by atoms with Crippen LogP contribution in [0.5, 0.6) is 0 Å². The molecule has 0 saturated heterocycles. The molecule has 1 atom stereocenters. The van der Waals surface area contributed by atoms with E-state index in [0.29, 0.717) is 12.4 Å². The average Bonchev–Trinajstić information content (AvgIpc) is 3.22. The molecule has 0 saturated carbocycles. The molecule has 2 amide bonds. The monoisotopic (exact) mass is 378 g/mol.